The maximum atomic E-state index is 12.3. The third-order valence-corrected chi connectivity index (χ3v) is 6.09. The molecule has 1 aromatic carbocycles. The van der Waals surface area contributed by atoms with Crippen molar-refractivity contribution in [2.45, 2.75) is 24.2 Å². The van der Waals surface area contributed by atoms with Crippen LogP contribution >= 0.6 is 11.3 Å². The summed E-state index contributed by atoms with van der Waals surface area (Å²) in [7, 11) is -3.56. The summed E-state index contributed by atoms with van der Waals surface area (Å²) in [5.74, 6) is -0.425. The molecule has 22 heavy (non-hydrogen) atoms. The van der Waals surface area contributed by atoms with Gasteiger partial charge in [0.15, 0.2) is 0 Å². The predicted molar refractivity (Wildman–Crippen MR) is 86.7 cm³/mol. The number of amides is 1. The fourth-order valence-electron chi connectivity index (χ4n) is 2.41. The quantitative estimate of drug-likeness (QED) is 0.880. The van der Waals surface area contributed by atoms with Gasteiger partial charge in [0.1, 0.15) is 0 Å². The molecule has 7 heteroatoms. The Morgan fingerprint density at radius 3 is 2.86 bits per heavy atom. The second kappa shape index (κ2) is 5.83. The van der Waals surface area contributed by atoms with E-state index in [-0.39, 0.29) is 16.7 Å². The van der Waals surface area contributed by atoms with E-state index in [0.717, 1.165) is 10.4 Å². The summed E-state index contributed by atoms with van der Waals surface area (Å²) in [5, 5.41) is 4.70. The second-order valence-electron chi connectivity index (χ2n) is 5.19. The Bertz CT molecular complexity index is 798. The Morgan fingerprint density at radius 1 is 1.32 bits per heavy atom. The molecule has 0 radical (unpaired) electrons. The van der Waals surface area contributed by atoms with E-state index < -0.39 is 10.0 Å². The number of benzene rings is 1. The molecule has 0 aliphatic carbocycles. The van der Waals surface area contributed by atoms with Crippen LogP contribution in [0.15, 0.2) is 40.6 Å². The average molecular weight is 336 g/mol. The minimum atomic E-state index is -3.56. The molecule has 2 heterocycles. The number of hydrogen-bond donors (Lipinski definition) is 2. The fourth-order valence-corrected chi connectivity index (χ4v) is 4.18. The zero-order chi connectivity index (χ0) is 15.7. The van der Waals surface area contributed by atoms with Gasteiger partial charge in [0.2, 0.25) is 15.9 Å². The summed E-state index contributed by atoms with van der Waals surface area (Å²) in [6.07, 6.45) is 0.665. The number of hydrogen-bond acceptors (Lipinski definition) is 4. The van der Waals surface area contributed by atoms with Crippen molar-refractivity contribution in [1.82, 2.24) is 4.72 Å². The first-order chi connectivity index (χ1) is 10.5. The molecular formula is C15H16N2O3S2. The van der Waals surface area contributed by atoms with Crippen molar-refractivity contribution in [2.75, 3.05) is 11.9 Å². The Balaban J connectivity index is 1.74. The van der Waals surface area contributed by atoms with Gasteiger partial charge in [-0.1, -0.05) is 6.07 Å². The van der Waals surface area contributed by atoms with E-state index in [9.17, 15) is 13.2 Å². The second-order valence-corrected chi connectivity index (χ2v) is 7.99. The van der Waals surface area contributed by atoms with Crippen molar-refractivity contribution in [3.05, 3.63) is 46.2 Å². The van der Waals surface area contributed by atoms with Gasteiger partial charge in [0.25, 0.3) is 0 Å². The summed E-state index contributed by atoms with van der Waals surface area (Å²) in [6.45, 7) is 2.12. The van der Waals surface area contributed by atoms with E-state index in [0.29, 0.717) is 18.7 Å². The Kier molecular flexibility index (Phi) is 4.03. The van der Waals surface area contributed by atoms with Crippen LogP contribution in [-0.2, 0) is 21.2 Å². The smallest absolute Gasteiger partial charge is 0.240 e. The van der Waals surface area contributed by atoms with Gasteiger partial charge in [-0.05, 0) is 48.6 Å². The van der Waals surface area contributed by atoms with E-state index in [2.05, 4.69) is 10.0 Å². The molecule has 3 rings (SSSR count). The largest absolute Gasteiger partial charge is 0.325 e. The number of sulfonamides is 1. The molecule has 0 unspecified atom stereocenters. The summed E-state index contributed by atoms with van der Waals surface area (Å²) in [4.78, 5) is 13.0. The molecule has 116 valence electrons. The summed E-state index contributed by atoms with van der Waals surface area (Å²) < 4.78 is 27.3. The van der Waals surface area contributed by atoms with Crippen molar-refractivity contribution in [3.8, 4) is 0 Å². The lowest BCUT2D eigenvalue weighted by Gasteiger charge is -2.08. The number of carbonyl (C=O) groups is 1. The van der Waals surface area contributed by atoms with E-state index in [1.165, 1.54) is 6.07 Å². The first kappa shape index (κ1) is 15.2. The Hall–Kier alpha value is -1.70. The van der Waals surface area contributed by atoms with Crippen molar-refractivity contribution < 1.29 is 13.2 Å². The molecule has 0 saturated heterocycles. The minimum absolute atomic E-state index is 0.102. The van der Waals surface area contributed by atoms with Crippen LogP contribution in [-0.4, -0.2) is 20.9 Å². The van der Waals surface area contributed by atoms with Crippen molar-refractivity contribution in [1.29, 1.82) is 0 Å². The molecule has 0 saturated carbocycles. The molecule has 1 atom stereocenters. The van der Waals surface area contributed by atoms with Gasteiger partial charge in [-0.25, -0.2) is 13.1 Å². The molecule has 2 aromatic rings. The molecule has 1 aliphatic heterocycles. The molecule has 5 nitrogen and oxygen atoms in total. The molecule has 0 spiro atoms. The van der Waals surface area contributed by atoms with E-state index in [1.54, 1.807) is 30.4 Å². The maximum Gasteiger partial charge on any atom is 0.240 e. The van der Waals surface area contributed by atoms with Crippen molar-refractivity contribution in [2.24, 2.45) is 0 Å². The first-order valence-corrected chi connectivity index (χ1v) is 9.30. The predicted octanol–water partition coefficient (Wildman–Crippen LogP) is 2.32. The topological polar surface area (TPSA) is 75.3 Å². The van der Waals surface area contributed by atoms with Gasteiger partial charge >= 0.3 is 0 Å². The van der Waals surface area contributed by atoms with Crippen LogP contribution in [0.3, 0.4) is 0 Å². The summed E-state index contributed by atoms with van der Waals surface area (Å²) >= 11 is 1.61. The van der Waals surface area contributed by atoms with Gasteiger partial charge < -0.3 is 5.32 Å². The van der Waals surface area contributed by atoms with Gasteiger partial charge in [-0.3, -0.25) is 4.79 Å². The molecule has 1 aromatic heterocycles. The zero-order valence-corrected chi connectivity index (χ0v) is 13.6. The van der Waals surface area contributed by atoms with Gasteiger partial charge in [-0.15, -0.1) is 11.3 Å². The van der Waals surface area contributed by atoms with Crippen LogP contribution in [0.2, 0.25) is 0 Å². The van der Waals surface area contributed by atoms with Crippen LogP contribution in [0.5, 0.6) is 0 Å². The van der Waals surface area contributed by atoms with Gasteiger partial charge in [0.05, 0.1) is 10.8 Å². The number of rotatable bonds is 5. The van der Waals surface area contributed by atoms with Crippen molar-refractivity contribution >= 4 is 33.0 Å². The number of thiophene rings is 1. The standard InChI is InChI=1S/C15H16N2O3S2/c1-10-13-9-12(4-5-14(13)17-15(10)18)22(19,20)16-7-6-11-3-2-8-21-11/h2-5,8-10,16H,6-7H2,1H3,(H,17,18)/t10-/m1/s1. The maximum absolute atomic E-state index is 12.3. The lowest BCUT2D eigenvalue weighted by atomic mass is 10.0. The highest BCUT2D eigenvalue weighted by molar-refractivity contribution is 7.89. The fraction of sp³-hybridized carbons (Fsp3) is 0.267. The van der Waals surface area contributed by atoms with Crippen LogP contribution in [0.25, 0.3) is 0 Å². The lowest BCUT2D eigenvalue weighted by Crippen LogP contribution is -2.25. The van der Waals surface area contributed by atoms with Crippen molar-refractivity contribution in [3.63, 3.8) is 0 Å². The summed E-state index contributed by atoms with van der Waals surface area (Å²) in [5.41, 5.74) is 1.42. The number of nitrogens with one attached hydrogen (secondary N) is 2. The highest BCUT2D eigenvalue weighted by atomic mass is 32.2. The summed E-state index contributed by atoms with van der Waals surface area (Å²) in [6, 6.07) is 8.66. The number of anilines is 1. The average Bonchev–Trinajstić information content (AvgIpc) is 3.08. The zero-order valence-electron chi connectivity index (χ0n) is 12.0. The number of carbonyl (C=O) groups excluding carboxylic acids is 1. The first-order valence-electron chi connectivity index (χ1n) is 6.94. The van der Waals surface area contributed by atoms with Crippen LogP contribution in [0.1, 0.15) is 23.3 Å². The molecule has 0 fully saturated rings. The van der Waals surface area contributed by atoms with Gasteiger partial charge in [-0.2, -0.15) is 0 Å². The highest BCUT2D eigenvalue weighted by Gasteiger charge is 2.28. The number of fused-ring (bicyclic) bond motifs is 1. The molecule has 2 N–H and O–H groups in total. The molecular weight excluding hydrogens is 320 g/mol. The molecule has 0 bridgehead atoms. The third-order valence-electron chi connectivity index (χ3n) is 3.69. The van der Waals surface area contributed by atoms with E-state index in [4.69, 9.17) is 0 Å². The normalized spacial score (nSPS) is 17.3. The van der Waals surface area contributed by atoms with E-state index >= 15 is 0 Å². The molecule has 1 amide bonds. The third kappa shape index (κ3) is 2.92. The Morgan fingerprint density at radius 2 is 2.14 bits per heavy atom. The van der Waals surface area contributed by atoms with Crippen LogP contribution in [0.4, 0.5) is 5.69 Å². The molecule has 1 aliphatic rings. The lowest BCUT2D eigenvalue weighted by molar-refractivity contribution is -0.116. The monoisotopic (exact) mass is 336 g/mol. The van der Waals surface area contributed by atoms with E-state index in [1.807, 2.05) is 17.5 Å². The highest BCUT2D eigenvalue weighted by Crippen LogP contribution is 2.33. The SMILES string of the molecule is C[C@H]1C(=O)Nc2ccc(S(=O)(=O)NCCc3cccs3)cc21. The minimum Gasteiger partial charge on any atom is -0.325 e. The van der Waals surface area contributed by atoms with Crippen LogP contribution in [0, 0.1) is 0 Å². The van der Waals surface area contributed by atoms with Crippen LogP contribution < -0.4 is 10.0 Å². The van der Waals surface area contributed by atoms with Gasteiger partial charge in [0, 0.05) is 17.1 Å². The Labute approximate surface area is 133 Å².